The summed E-state index contributed by atoms with van der Waals surface area (Å²) in [5.74, 6) is 1.60. The van der Waals surface area contributed by atoms with Gasteiger partial charge in [0.25, 0.3) is 0 Å². The molecule has 3 aliphatic rings. The number of anilines is 1. The molecule has 7 nitrogen and oxygen atoms in total. The minimum atomic E-state index is 0.105. The summed E-state index contributed by atoms with van der Waals surface area (Å²) in [6.45, 7) is 6.17. The van der Waals surface area contributed by atoms with E-state index in [0.717, 1.165) is 86.6 Å². The third kappa shape index (κ3) is 4.80. The number of likely N-dealkylation sites (tertiary alicyclic amines) is 1. The van der Waals surface area contributed by atoms with E-state index < -0.39 is 0 Å². The van der Waals surface area contributed by atoms with Gasteiger partial charge >= 0.3 is 0 Å². The summed E-state index contributed by atoms with van der Waals surface area (Å²) >= 11 is 0. The first-order chi connectivity index (χ1) is 17.7. The molecule has 3 aliphatic heterocycles. The van der Waals surface area contributed by atoms with Crippen molar-refractivity contribution in [2.45, 2.75) is 31.7 Å². The Kier molecular flexibility index (Phi) is 6.55. The molecule has 0 saturated carbocycles. The van der Waals surface area contributed by atoms with Gasteiger partial charge in [0.2, 0.25) is 12.7 Å². The fourth-order valence-electron chi connectivity index (χ4n) is 5.64. The van der Waals surface area contributed by atoms with Gasteiger partial charge in [-0.2, -0.15) is 0 Å². The lowest BCUT2D eigenvalue weighted by atomic mass is 9.98. The molecule has 0 aliphatic carbocycles. The molecule has 4 heterocycles. The van der Waals surface area contributed by atoms with Crippen LogP contribution in [0.2, 0.25) is 0 Å². The van der Waals surface area contributed by atoms with Gasteiger partial charge in [-0.05, 0) is 61.6 Å². The minimum absolute atomic E-state index is 0.105. The number of hydrogen-bond acceptors (Lipinski definition) is 6. The zero-order valence-corrected chi connectivity index (χ0v) is 20.6. The van der Waals surface area contributed by atoms with E-state index in [1.165, 1.54) is 12.1 Å². The van der Waals surface area contributed by atoms with Crippen LogP contribution in [0.1, 0.15) is 31.2 Å². The quantitative estimate of drug-likeness (QED) is 0.467. The Bertz CT molecular complexity index is 1240. The van der Waals surface area contributed by atoms with Crippen molar-refractivity contribution >= 4 is 28.6 Å². The predicted molar refractivity (Wildman–Crippen MR) is 140 cm³/mol. The highest BCUT2D eigenvalue weighted by Crippen LogP contribution is 2.33. The molecule has 188 valence electrons. The Balaban J connectivity index is 1.02. The van der Waals surface area contributed by atoms with Crippen LogP contribution in [0.3, 0.4) is 0 Å². The lowest BCUT2D eigenvalue weighted by molar-refractivity contribution is -0.129. The van der Waals surface area contributed by atoms with Crippen LogP contribution in [-0.2, 0) is 4.79 Å². The topological polar surface area (TPSA) is 58.4 Å². The van der Waals surface area contributed by atoms with E-state index in [9.17, 15) is 4.79 Å². The minimum Gasteiger partial charge on any atom is -0.462 e. The van der Waals surface area contributed by atoms with Crippen molar-refractivity contribution in [2.24, 2.45) is 0 Å². The number of hydrogen-bond donors (Lipinski definition) is 0. The van der Waals surface area contributed by atoms with Gasteiger partial charge < -0.3 is 23.7 Å². The number of rotatable bonds is 6. The summed E-state index contributed by atoms with van der Waals surface area (Å²) in [6.07, 6.45) is 9.75. The van der Waals surface area contributed by atoms with Crippen LogP contribution in [0, 0.1) is 0 Å². The van der Waals surface area contributed by atoms with Crippen LogP contribution >= 0.6 is 0 Å². The first-order valence-electron chi connectivity index (χ1n) is 13.1. The number of para-hydroxylation sites is 1. The van der Waals surface area contributed by atoms with Crippen molar-refractivity contribution in [3.8, 4) is 11.5 Å². The Morgan fingerprint density at radius 2 is 1.86 bits per heavy atom. The van der Waals surface area contributed by atoms with Crippen LogP contribution in [0.5, 0.6) is 11.5 Å². The van der Waals surface area contributed by atoms with Gasteiger partial charge in [-0.15, -0.1) is 0 Å². The van der Waals surface area contributed by atoms with Crippen LogP contribution in [0.15, 0.2) is 59.2 Å². The summed E-state index contributed by atoms with van der Waals surface area (Å²) < 4.78 is 16.6. The van der Waals surface area contributed by atoms with Gasteiger partial charge in [-0.3, -0.25) is 9.69 Å². The van der Waals surface area contributed by atoms with Crippen molar-refractivity contribution in [1.82, 2.24) is 9.80 Å². The normalized spacial score (nSPS) is 20.5. The lowest BCUT2D eigenvalue weighted by Gasteiger charge is -2.39. The summed E-state index contributed by atoms with van der Waals surface area (Å²) in [6, 6.07) is 14.5. The number of furan rings is 1. The zero-order chi connectivity index (χ0) is 24.3. The van der Waals surface area contributed by atoms with Crippen molar-refractivity contribution in [3.63, 3.8) is 0 Å². The second-order valence-corrected chi connectivity index (χ2v) is 9.86. The molecular weight excluding hydrogens is 454 g/mol. The zero-order valence-electron chi connectivity index (χ0n) is 20.6. The highest BCUT2D eigenvalue weighted by molar-refractivity contribution is 5.92. The fraction of sp³-hybridized carbons (Fsp3) is 0.414. The molecular formula is C29H33N3O4. The fourth-order valence-corrected chi connectivity index (χ4v) is 5.64. The number of carbonyl (C=O) groups is 1. The Morgan fingerprint density at radius 3 is 2.78 bits per heavy atom. The molecule has 6 rings (SSSR count). The molecule has 1 amide bonds. The second-order valence-electron chi connectivity index (χ2n) is 9.86. The number of piperazine rings is 1. The largest absolute Gasteiger partial charge is 0.462 e. The van der Waals surface area contributed by atoms with E-state index in [1.807, 2.05) is 30.3 Å². The SMILES string of the molecule is O=C(/C=C/c1ccc2c(c1)OCO2)N1CCCC[C@H]1CCN1CCN(c2cccc3ccoc23)CC1. The highest BCUT2D eigenvalue weighted by atomic mass is 16.7. The molecule has 36 heavy (non-hydrogen) atoms. The van der Waals surface area contributed by atoms with Gasteiger partial charge in [0.1, 0.15) is 0 Å². The number of ether oxygens (including phenoxy) is 2. The maximum atomic E-state index is 13.1. The average molecular weight is 488 g/mol. The second kappa shape index (κ2) is 10.3. The van der Waals surface area contributed by atoms with Crippen molar-refractivity contribution in [2.75, 3.05) is 51.0 Å². The molecule has 1 aromatic heterocycles. The molecule has 1 atom stereocenters. The smallest absolute Gasteiger partial charge is 0.246 e. The maximum absolute atomic E-state index is 13.1. The van der Waals surface area contributed by atoms with Crippen molar-refractivity contribution in [1.29, 1.82) is 0 Å². The monoisotopic (exact) mass is 487 g/mol. The third-order valence-electron chi connectivity index (χ3n) is 7.67. The number of piperidine rings is 1. The van der Waals surface area contributed by atoms with Crippen LogP contribution < -0.4 is 14.4 Å². The van der Waals surface area contributed by atoms with Gasteiger partial charge in [0, 0.05) is 56.8 Å². The molecule has 0 spiro atoms. The van der Waals surface area contributed by atoms with Gasteiger partial charge in [0.15, 0.2) is 17.1 Å². The summed E-state index contributed by atoms with van der Waals surface area (Å²) in [5.41, 5.74) is 3.12. The standard InChI is InChI=1S/C29H33N3O4/c33-28(10-8-22-7-9-26-27(20-22)36-21-35-26)32-13-2-1-5-24(32)11-14-30-15-17-31(18-16-30)25-6-3-4-23-12-19-34-29(23)25/h3-4,6-10,12,19-20,24H,1-2,5,11,13-18,21H2/b10-8+/t24-/m0/s1. The number of fused-ring (bicyclic) bond motifs is 2. The molecule has 7 heteroatoms. The van der Waals surface area contributed by atoms with Crippen molar-refractivity contribution in [3.05, 3.63) is 60.4 Å². The maximum Gasteiger partial charge on any atom is 0.246 e. The molecule has 2 fully saturated rings. The molecule has 3 aromatic rings. The van der Waals surface area contributed by atoms with Crippen LogP contribution in [0.25, 0.3) is 17.0 Å². The number of amides is 1. The average Bonchev–Trinajstić information content (AvgIpc) is 3.60. The summed E-state index contributed by atoms with van der Waals surface area (Å²) in [5, 5.41) is 1.16. The summed E-state index contributed by atoms with van der Waals surface area (Å²) in [4.78, 5) is 20.2. The molecule has 2 saturated heterocycles. The van der Waals surface area contributed by atoms with Gasteiger partial charge in [-0.1, -0.05) is 18.2 Å². The third-order valence-corrected chi connectivity index (χ3v) is 7.67. The van der Waals surface area contributed by atoms with E-state index in [4.69, 9.17) is 13.9 Å². The van der Waals surface area contributed by atoms with Crippen molar-refractivity contribution < 1.29 is 18.7 Å². The van der Waals surface area contributed by atoms with E-state index in [2.05, 4.69) is 32.9 Å². The highest BCUT2D eigenvalue weighted by Gasteiger charge is 2.27. The Hall–Kier alpha value is -3.45. The molecule has 2 aromatic carbocycles. The van der Waals surface area contributed by atoms with E-state index in [1.54, 1.807) is 12.3 Å². The summed E-state index contributed by atoms with van der Waals surface area (Å²) in [7, 11) is 0. The lowest BCUT2D eigenvalue weighted by Crippen LogP contribution is -2.49. The van der Waals surface area contributed by atoms with E-state index in [0.29, 0.717) is 6.04 Å². The first-order valence-corrected chi connectivity index (χ1v) is 13.1. The Labute approximate surface area is 211 Å². The molecule has 0 N–H and O–H groups in total. The first kappa shape index (κ1) is 23.0. The van der Waals surface area contributed by atoms with E-state index >= 15 is 0 Å². The van der Waals surface area contributed by atoms with Crippen LogP contribution in [-0.4, -0.2) is 67.8 Å². The van der Waals surface area contributed by atoms with Gasteiger partial charge in [0.05, 0.1) is 12.0 Å². The predicted octanol–water partition coefficient (Wildman–Crippen LogP) is 4.77. The van der Waals surface area contributed by atoms with Crippen LogP contribution in [0.4, 0.5) is 5.69 Å². The molecule has 0 bridgehead atoms. The molecule has 0 radical (unpaired) electrons. The number of benzene rings is 2. The number of nitrogens with zero attached hydrogens (tertiary/aromatic N) is 3. The molecule has 0 unspecified atom stereocenters. The van der Waals surface area contributed by atoms with Gasteiger partial charge in [-0.25, -0.2) is 0 Å². The Morgan fingerprint density at radius 1 is 0.972 bits per heavy atom. The van der Waals surface area contributed by atoms with E-state index in [-0.39, 0.29) is 12.7 Å². The number of carbonyl (C=O) groups excluding carboxylic acids is 1.